The van der Waals surface area contributed by atoms with Crippen LogP contribution in [-0.2, 0) is 0 Å². The van der Waals surface area contributed by atoms with E-state index in [2.05, 4.69) is 15.8 Å². The molecule has 2 amide bonds. The third kappa shape index (κ3) is 3.79. The van der Waals surface area contributed by atoms with E-state index in [-0.39, 0.29) is 5.69 Å². The van der Waals surface area contributed by atoms with Gasteiger partial charge >= 0.3 is 0 Å². The van der Waals surface area contributed by atoms with Crippen LogP contribution in [0.3, 0.4) is 0 Å². The summed E-state index contributed by atoms with van der Waals surface area (Å²) in [6, 6.07) is 11.6. The summed E-state index contributed by atoms with van der Waals surface area (Å²) < 4.78 is 5.01. The number of hydrogen-bond acceptors (Lipinski definition) is 4. The summed E-state index contributed by atoms with van der Waals surface area (Å²) >= 11 is 0. The number of amides is 2. The lowest BCUT2D eigenvalue weighted by atomic mass is 10.2. The first-order valence-electron chi connectivity index (χ1n) is 6.28. The molecule has 6 nitrogen and oxygen atoms in total. The van der Waals surface area contributed by atoms with E-state index in [4.69, 9.17) is 4.74 Å². The normalized spacial score (nSPS) is 9.81. The molecule has 6 heteroatoms. The Bertz CT molecular complexity index is 653. The summed E-state index contributed by atoms with van der Waals surface area (Å²) in [4.78, 5) is 27.8. The monoisotopic (exact) mass is 285 g/mol. The molecule has 0 saturated heterocycles. The molecule has 2 rings (SSSR count). The van der Waals surface area contributed by atoms with Crippen molar-refractivity contribution < 1.29 is 14.3 Å². The van der Waals surface area contributed by atoms with Gasteiger partial charge in [-0.25, -0.2) is 4.98 Å². The van der Waals surface area contributed by atoms with Crippen molar-refractivity contribution in [3.8, 4) is 5.75 Å². The fourth-order valence-electron chi connectivity index (χ4n) is 1.66. The second kappa shape index (κ2) is 6.51. The molecule has 0 atom stereocenters. The average molecular weight is 285 g/mol. The summed E-state index contributed by atoms with van der Waals surface area (Å²) in [6.07, 6.45) is 0. The molecular formula is C15H15N3O3. The second-order valence-electron chi connectivity index (χ2n) is 4.30. The number of rotatable bonds is 3. The number of carbonyl (C=O) groups is 2. The third-order valence-electron chi connectivity index (χ3n) is 2.76. The van der Waals surface area contributed by atoms with E-state index in [1.165, 1.54) is 0 Å². The highest BCUT2D eigenvalue weighted by molar-refractivity contribution is 5.98. The molecular weight excluding hydrogens is 270 g/mol. The largest absolute Gasteiger partial charge is 0.497 e. The van der Waals surface area contributed by atoms with Gasteiger partial charge in [0.1, 0.15) is 11.4 Å². The quantitative estimate of drug-likeness (QED) is 0.837. The van der Waals surface area contributed by atoms with Gasteiger partial charge in [-0.05, 0) is 43.3 Å². The Balaban J connectivity index is 1.95. The molecule has 0 aliphatic rings. The molecule has 108 valence electrons. The van der Waals surface area contributed by atoms with Gasteiger partial charge in [0.15, 0.2) is 0 Å². The Labute approximate surface area is 122 Å². The van der Waals surface area contributed by atoms with E-state index in [0.29, 0.717) is 11.3 Å². The lowest BCUT2D eigenvalue weighted by molar-refractivity contribution is 0.0844. The van der Waals surface area contributed by atoms with Gasteiger partial charge in [0.05, 0.1) is 7.11 Å². The highest BCUT2D eigenvalue weighted by Crippen LogP contribution is 2.10. The molecule has 0 unspecified atom stereocenters. The fraction of sp³-hybridized carbons (Fsp3) is 0.133. The number of nitrogens with zero attached hydrogens (tertiary/aromatic N) is 1. The van der Waals surface area contributed by atoms with E-state index in [1.807, 2.05) is 0 Å². The van der Waals surface area contributed by atoms with E-state index in [0.717, 1.165) is 5.69 Å². The maximum absolute atomic E-state index is 11.9. The van der Waals surface area contributed by atoms with Crippen LogP contribution in [0.2, 0.25) is 0 Å². The van der Waals surface area contributed by atoms with E-state index in [9.17, 15) is 9.59 Å². The van der Waals surface area contributed by atoms with Crippen LogP contribution in [0.1, 0.15) is 26.5 Å². The van der Waals surface area contributed by atoms with Crippen LogP contribution in [0, 0.1) is 6.92 Å². The van der Waals surface area contributed by atoms with Crippen molar-refractivity contribution in [1.82, 2.24) is 15.8 Å². The summed E-state index contributed by atoms with van der Waals surface area (Å²) in [7, 11) is 1.55. The lowest BCUT2D eigenvalue weighted by Gasteiger charge is -2.07. The Morgan fingerprint density at radius 1 is 1.00 bits per heavy atom. The minimum absolute atomic E-state index is 0.241. The second-order valence-corrected chi connectivity index (χ2v) is 4.30. The van der Waals surface area contributed by atoms with Crippen LogP contribution in [0.4, 0.5) is 0 Å². The standard InChI is InChI=1S/C15H15N3O3/c1-10-4-3-5-13(16-10)15(20)18-17-14(19)11-6-8-12(21-2)9-7-11/h3-9H,1-2H3,(H,17,19)(H,18,20). The molecule has 2 aromatic rings. The molecule has 0 radical (unpaired) electrons. The predicted octanol–water partition coefficient (Wildman–Crippen LogP) is 1.47. The lowest BCUT2D eigenvalue weighted by Crippen LogP contribution is -2.41. The number of aromatic nitrogens is 1. The van der Waals surface area contributed by atoms with E-state index in [1.54, 1.807) is 56.5 Å². The zero-order valence-corrected chi connectivity index (χ0v) is 11.7. The molecule has 2 N–H and O–H groups in total. The molecule has 0 fully saturated rings. The molecule has 0 aliphatic heterocycles. The van der Waals surface area contributed by atoms with Gasteiger partial charge in [-0.2, -0.15) is 0 Å². The number of pyridine rings is 1. The van der Waals surface area contributed by atoms with Crippen LogP contribution in [0.15, 0.2) is 42.5 Å². The number of aryl methyl sites for hydroxylation is 1. The Morgan fingerprint density at radius 3 is 2.29 bits per heavy atom. The van der Waals surface area contributed by atoms with Crippen LogP contribution in [0.25, 0.3) is 0 Å². The topological polar surface area (TPSA) is 80.3 Å². The molecule has 1 heterocycles. The van der Waals surface area contributed by atoms with Gasteiger partial charge in [-0.15, -0.1) is 0 Å². The smallest absolute Gasteiger partial charge is 0.288 e. The first-order valence-corrected chi connectivity index (χ1v) is 6.28. The Kier molecular flexibility index (Phi) is 4.50. The highest BCUT2D eigenvalue weighted by Gasteiger charge is 2.10. The SMILES string of the molecule is COc1ccc(C(=O)NNC(=O)c2cccc(C)n2)cc1. The van der Waals surface area contributed by atoms with Gasteiger partial charge in [0, 0.05) is 11.3 Å². The molecule has 1 aromatic heterocycles. The first-order chi connectivity index (χ1) is 10.1. The van der Waals surface area contributed by atoms with Crippen molar-refractivity contribution in [2.75, 3.05) is 7.11 Å². The highest BCUT2D eigenvalue weighted by atomic mass is 16.5. The van der Waals surface area contributed by atoms with Crippen molar-refractivity contribution >= 4 is 11.8 Å². The fourth-order valence-corrected chi connectivity index (χ4v) is 1.66. The van der Waals surface area contributed by atoms with Gasteiger partial charge < -0.3 is 4.74 Å². The predicted molar refractivity (Wildman–Crippen MR) is 76.9 cm³/mol. The van der Waals surface area contributed by atoms with Crippen LogP contribution in [-0.4, -0.2) is 23.9 Å². The zero-order valence-electron chi connectivity index (χ0n) is 11.7. The minimum Gasteiger partial charge on any atom is -0.497 e. The van der Waals surface area contributed by atoms with E-state index >= 15 is 0 Å². The number of nitrogens with one attached hydrogen (secondary N) is 2. The third-order valence-corrected chi connectivity index (χ3v) is 2.76. The molecule has 1 aromatic carbocycles. The van der Waals surface area contributed by atoms with Crippen LogP contribution >= 0.6 is 0 Å². The molecule has 21 heavy (non-hydrogen) atoms. The first kappa shape index (κ1) is 14.5. The van der Waals surface area contributed by atoms with Crippen molar-refractivity contribution in [3.05, 3.63) is 59.4 Å². The van der Waals surface area contributed by atoms with E-state index < -0.39 is 11.8 Å². The molecule has 0 aliphatic carbocycles. The number of benzene rings is 1. The number of hydrogen-bond donors (Lipinski definition) is 2. The van der Waals surface area contributed by atoms with Crippen molar-refractivity contribution in [1.29, 1.82) is 0 Å². The van der Waals surface area contributed by atoms with Gasteiger partial charge in [-0.1, -0.05) is 6.07 Å². The number of methoxy groups -OCH3 is 1. The molecule has 0 saturated carbocycles. The summed E-state index contributed by atoms with van der Waals surface area (Å²) in [6.45, 7) is 1.78. The maximum Gasteiger partial charge on any atom is 0.288 e. The summed E-state index contributed by atoms with van der Waals surface area (Å²) in [5.41, 5.74) is 6.03. The van der Waals surface area contributed by atoms with Crippen molar-refractivity contribution in [2.24, 2.45) is 0 Å². The Morgan fingerprint density at radius 2 is 1.67 bits per heavy atom. The Hall–Kier alpha value is -2.89. The average Bonchev–Trinajstić information content (AvgIpc) is 2.52. The van der Waals surface area contributed by atoms with Crippen molar-refractivity contribution in [2.45, 2.75) is 6.92 Å². The van der Waals surface area contributed by atoms with Crippen LogP contribution in [0.5, 0.6) is 5.75 Å². The van der Waals surface area contributed by atoms with Gasteiger partial charge in [0.25, 0.3) is 11.8 Å². The molecule has 0 bridgehead atoms. The van der Waals surface area contributed by atoms with Gasteiger partial charge in [0.2, 0.25) is 0 Å². The van der Waals surface area contributed by atoms with Gasteiger partial charge in [-0.3, -0.25) is 20.4 Å². The number of carbonyl (C=O) groups excluding carboxylic acids is 2. The number of ether oxygens (including phenoxy) is 1. The summed E-state index contributed by atoms with van der Waals surface area (Å²) in [5, 5.41) is 0. The van der Waals surface area contributed by atoms with Crippen molar-refractivity contribution in [3.63, 3.8) is 0 Å². The maximum atomic E-state index is 11.9. The summed E-state index contributed by atoms with van der Waals surface area (Å²) in [5.74, 6) is -0.237. The van der Waals surface area contributed by atoms with Crippen LogP contribution < -0.4 is 15.6 Å². The zero-order chi connectivity index (χ0) is 15.2. The number of hydrazine groups is 1. The minimum atomic E-state index is -0.472. The molecule has 0 spiro atoms.